The van der Waals surface area contributed by atoms with Crippen molar-refractivity contribution >= 4 is 34.4 Å². The smallest absolute Gasteiger partial charge is 0.328 e. The molecule has 2 N–H and O–H groups in total. The van der Waals surface area contributed by atoms with Crippen molar-refractivity contribution in [3.05, 3.63) is 17.2 Å². The molecule has 1 aliphatic rings. The predicted molar refractivity (Wildman–Crippen MR) is 66.3 cm³/mol. The number of hydrogen-bond acceptors (Lipinski definition) is 5. The average Bonchev–Trinajstić information content (AvgIpc) is 2.97. The van der Waals surface area contributed by atoms with Gasteiger partial charge in [0.15, 0.2) is 5.13 Å². The van der Waals surface area contributed by atoms with Gasteiger partial charge in [-0.05, 0) is 12.5 Å². The molecule has 1 aliphatic heterocycles. The third kappa shape index (κ3) is 3.38. The molecule has 18 heavy (non-hydrogen) atoms. The van der Waals surface area contributed by atoms with Crippen LogP contribution < -0.4 is 5.32 Å². The van der Waals surface area contributed by atoms with E-state index in [0.717, 1.165) is 12.5 Å². The van der Waals surface area contributed by atoms with Gasteiger partial charge >= 0.3 is 5.97 Å². The van der Waals surface area contributed by atoms with E-state index in [1.54, 1.807) is 0 Å². The highest BCUT2D eigenvalue weighted by Gasteiger charge is 2.24. The number of hydrogen-bond donors (Lipinski definition) is 2. The van der Waals surface area contributed by atoms with Crippen LogP contribution in [0.5, 0.6) is 0 Å². The Morgan fingerprint density at radius 2 is 2.44 bits per heavy atom. The topological polar surface area (TPSA) is 88.5 Å². The molecule has 7 heteroatoms. The number of carboxylic acids is 1. The zero-order valence-corrected chi connectivity index (χ0v) is 10.3. The number of carboxylic acid groups (broad SMARTS) is 1. The Labute approximate surface area is 107 Å². The number of anilines is 1. The van der Waals surface area contributed by atoms with Crippen LogP contribution in [0.4, 0.5) is 5.13 Å². The Morgan fingerprint density at radius 3 is 3.11 bits per heavy atom. The van der Waals surface area contributed by atoms with Crippen molar-refractivity contribution in [1.82, 2.24) is 4.98 Å². The molecule has 1 saturated heterocycles. The van der Waals surface area contributed by atoms with E-state index in [1.807, 2.05) is 0 Å². The van der Waals surface area contributed by atoms with Gasteiger partial charge in [-0.3, -0.25) is 4.79 Å². The van der Waals surface area contributed by atoms with E-state index >= 15 is 0 Å². The lowest BCUT2D eigenvalue weighted by atomic mass is 10.1. The van der Waals surface area contributed by atoms with E-state index < -0.39 is 5.97 Å². The van der Waals surface area contributed by atoms with Crippen molar-refractivity contribution in [2.45, 2.75) is 6.42 Å². The van der Waals surface area contributed by atoms with Crippen LogP contribution in [0.2, 0.25) is 0 Å². The summed E-state index contributed by atoms with van der Waals surface area (Å²) in [7, 11) is 0. The molecule has 1 amide bonds. The molecule has 0 saturated carbocycles. The molecule has 2 rings (SSSR count). The number of aromatic nitrogens is 1. The minimum Gasteiger partial charge on any atom is -0.478 e. The van der Waals surface area contributed by atoms with Crippen LogP contribution in [0, 0.1) is 5.92 Å². The van der Waals surface area contributed by atoms with Gasteiger partial charge in [0.1, 0.15) is 0 Å². The highest BCUT2D eigenvalue weighted by molar-refractivity contribution is 7.16. The van der Waals surface area contributed by atoms with Crippen LogP contribution in [0.3, 0.4) is 0 Å². The van der Waals surface area contributed by atoms with Crippen molar-refractivity contribution < 1.29 is 19.4 Å². The summed E-state index contributed by atoms with van der Waals surface area (Å²) in [6, 6.07) is 0. The first-order chi connectivity index (χ1) is 8.65. The van der Waals surface area contributed by atoms with Gasteiger partial charge in [0.2, 0.25) is 5.91 Å². The number of carbonyl (C=O) groups excluding carboxylic acids is 1. The Kier molecular flexibility index (Phi) is 4.06. The van der Waals surface area contributed by atoms with Crippen molar-refractivity contribution in [2.75, 3.05) is 18.5 Å². The first kappa shape index (κ1) is 12.7. The third-order valence-electron chi connectivity index (χ3n) is 2.44. The molecule has 6 nitrogen and oxygen atoms in total. The molecular weight excluding hydrogens is 256 g/mol. The Balaban J connectivity index is 1.93. The molecule has 1 aromatic heterocycles. The zero-order valence-electron chi connectivity index (χ0n) is 9.46. The summed E-state index contributed by atoms with van der Waals surface area (Å²) in [5, 5.41) is 11.7. The fourth-order valence-corrected chi connectivity index (χ4v) is 2.25. The van der Waals surface area contributed by atoms with E-state index in [-0.39, 0.29) is 11.8 Å². The molecule has 1 atom stereocenters. The maximum absolute atomic E-state index is 11.8. The van der Waals surface area contributed by atoms with Crippen molar-refractivity contribution in [1.29, 1.82) is 0 Å². The summed E-state index contributed by atoms with van der Waals surface area (Å²) >= 11 is 1.23. The van der Waals surface area contributed by atoms with Gasteiger partial charge in [-0.2, -0.15) is 0 Å². The summed E-state index contributed by atoms with van der Waals surface area (Å²) in [6.07, 6.45) is 4.71. The largest absolute Gasteiger partial charge is 0.478 e. The summed E-state index contributed by atoms with van der Waals surface area (Å²) in [4.78, 5) is 26.8. The molecular formula is C11H12N2O4S. The number of thiazole rings is 1. The van der Waals surface area contributed by atoms with Gasteiger partial charge in [-0.1, -0.05) is 11.3 Å². The van der Waals surface area contributed by atoms with E-state index in [0.29, 0.717) is 23.2 Å². The quantitative estimate of drug-likeness (QED) is 0.801. The third-order valence-corrected chi connectivity index (χ3v) is 3.32. The van der Waals surface area contributed by atoms with Crippen LogP contribution in [0.15, 0.2) is 12.3 Å². The predicted octanol–water partition coefficient (Wildman–Crippen LogP) is 1.22. The van der Waals surface area contributed by atoms with E-state index in [1.165, 1.54) is 23.6 Å². The number of rotatable bonds is 4. The maximum atomic E-state index is 11.8. The minimum atomic E-state index is -1.02. The number of nitrogens with zero attached hydrogens (tertiary/aromatic N) is 1. The van der Waals surface area contributed by atoms with Gasteiger partial charge < -0.3 is 15.2 Å². The Morgan fingerprint density at radius 1 is 1.61 bits per heavy atom. The zero-order chi connectivity index (χ0) is 13.0. The van der Waals surface area contributed by atoms with Crippen LogP contribution in [0.1, 0.15) is 11.3 Å². The highest BCUT2D eigenvalue weighted by atomic mass is 32.1. The number of carbonyl (C=O) groups is 2. The summed E-state index contributed by atoms with van der Waals surface area (Å²) in [5.74, 6) is -1.24. The molecule has 1 aromatic rings. The first-order valence-electron chi connectivity index (χ1n) is 5.40. The van der Waals surface area contributed by atoms with E-state index in [2.05, 4.69) is 10.3 Å². The van der Waals surface area contributed by atoms with Gasteiger partial charge in [-0.25, -0.2) is 9.78 Å². The summed E-state index contributed by atoms with van der Waals surface area (Å²) < 4.78 is 5.13. The number of amides is 1. The molecule has 1 fully saturated rings. The molecule has 0 bridgehead atoms. The fourth-order valence-electron chi connectivity index (χ4n) is 1.52. The monoisotopic (exact) mass is 268 g/mol. The number of aliphatic carboxylic acids is 1. The molecule has 0 radical (unpaired) electrons. The average molecular weight is 268 g/mol. The standard InChI is InChI=1S/C11H12N2O4S/c14-9(15)2-1-8-5-12-11(18-8)13-10(16)7-3-4-17-6-7/h1-2,5,7H,3-4,6H2,(H,14,15)(H,12,13,16)/b2-1+. The molecule has 2 heterocycles. The molecule has 0 aliphatic carbocycles. The fraction of sp³-hybridized carbons (Fsp3) is 0.364. The van der Waals surface area contributed by atoms with Crippen LogP contribution >= 0.6 is 11.3 Å². The second-order valence-electron chi connectivity index (χ2n) is 3.79. The van der Waals surface area contributed by atoms with Gasteiger partial charge in [0.05, 0.1) is 12.5 Å². The van der Waals surface area contributed by atoms with Gasteiger partial charge in [0.25, 0.3) is 0 Å². The van der Waals surface area contributed by atoms with E-state index in [4.69, 9.17) is 9.84 Å². The molecule has 1 unspecified atom stereocenters. The first-order valence-corrected chi connectivity index (χ1v) is 6.22. The molecule has 0 aromatic carbocycles. The second-order valence-corrected chi connectivity index (χ2v) is 4.85. The SMILES string of the molecule is O=C(O)/C=C/c1cnc(NC(=O)C2CCOC2)s1. The summed E-state index contributed by atoms with van der Waals surface area (Å²) in [5.41, 5.74) is 0. The lowest BCUT2D eigenvalue weighted by Crippen LogP contribution is -2.22. The Hall–Kier alpha value is -1.73. The van der Waals surface area contributed by atoms with Crippen LogP contribution in [-0.4, -0.2) is 35.2 Å². The molecule has 96 valence electrons. The number of ether oxygens (including phenoxy) is 1. The summed E-state index contributed by atoms with van der Waals surface area (Å²) in [6.45, 7) is 1.06. The normalized spacial score (nSPS) is 19.2. The lowest BCUT2D eigenvalue weighted by Gasteiger charge is -2.05. The maximum Gasteiger partial charge on any atom is 0.328 e. The van der Waals surface area contributed by atoms with Crippen molar-refractivity contribution in [3.63, 3.8) is 0 Å². The molecule has 0 spiro atoms. The van der Waals surface area contributed by atoms with Crippen molar-refractivity contribution in [2.24, 2.45) is 5.92 Å². The van der Waals surface area contributed by atoms with Crippen LogP contribution in [0.25, 0.3) is 6.08 Å². The van der Waals surface area contributed by atoms with Gasteiger partial charge in [-0.15, -0.1) is 0 Å². The van der Waals surface area contributed by atoms with Crippen molar-refractivity contribution in [3.8, 4) is 0 Å². The van der Waals surface area contributed by atoms with Gasteiger partial charge in [0, 0.05) is 23.8 Å². The number of nitrogens with one attached hydrogen (secondary N) is 1. The second kappa shape index (κ2) is 5.74. The Bertz CT molecular complexity index is 477. The van der Waals surface area contributed by atoms with E-state index in [9.17, 15) is 9.59 Å². The highest BCUT2D eigenvalue weighted by Crippen LogP contribution is 2.21. The van der Waals surface area contributed by atoms with Crippen LogP contribution in [-0.2, 0) is 14.3 Å². The minimum absolute atomic E-state index is 0.101. The lowest BCUT2D eigenvalue weighted by molar-refractivity contribution is -0.131.